The lowest BCUT2D eigenvalue weighted by atomic mass is 10.2. The van der Waals surface area contributed by atoms with Crippen LogP contribution in [-0.4, -0.2) is 63.8 Å². The Morgan fingerprint density at radius 3 is 2.46 bits per heavy atom. The Morgan fingerprint density at radius 2 is 1.88 bits per heavy atom. The molecule has 1 aliphatic heterocycles. The fourth-order valence-electron chi connectivity index (χ4n) is 2.80. The summed E-state index contributed by atoms with van der Waals surface area (Å²) in [5, 5.41) is 3.54. The Hall–Kier alpha value is -2.25. The molecular formula is C18H24ClN3O4. The molecule has 0 spiro atoms. The van der Waals surface area contributed by atoms with E-state index in [0.29, 0.717) is 10.7 Å². The monoisotopic (exact) mass is 381 g/mol. The Balaban J connectivity index is 2.31. The summed E-state index contributed by atoms with van der Waals surface area (Å²) < 4.78 is 9.35. The van der Waals surface area contributed by atoms with Gasteiger partial charge in [-0.25, -0.2) is 9.59 Å². The van der Waals surface area contributed by atoms with Crippen LogP contribution in [0.15, 0.2) is 30.0 Å². The summed E-state index contributed by atoms with van der Waals surface area (Å²) in [6, 6.07) is 5.39. The molecule has 1 aromatic carbocycles. The number of para-hydroxylation sites is 1. The first kappa shape index (κ1) is 20.1. The average molecular weight is 382 g/mol. The molecule has 0 aliphatic carbocycles. The van der Waals surface area contributed by atoms with Gasteiger partial charge in [-0.05, 0) is 18.7 Å². The molecule has 7 nitrogen and oxygen atoms in total. The first-order valence-corrected chi connectivity index (χ1v) is 8.78. The van der Waals surface area contributed by atoms with Gasteiger partial charge in [-0.3, -0.25) is 0 Å². The van der Waals surface area contributed by atoms with E-state index in [4.69, 9.17) is 16.3 Å². The topological polar surface area (TPSA) is 71.1 Å². The number of rotatable bonds is 6. The van der Waals surface area contributed by atoms with Crippen LogP contribution in [0, 0.1) is 0 Å². The van der Waals surface area contributed by atoms with Crippen LogP contribution < -0.4 is 10.2 Å². The van der Waals surface area contributed by atoms with Gasteiger partial charge in [0.25, 0.3) is 0 Å². The minimum absolute atomic E-state index is 0.0185. The molecule has 0 bridgehead atoms. The second-order valence-corrected chi connectivity index (χ2v) is 6.16. The van der Waals surface area contributed by atoms with Gasteiger partial charge in [0, 0.05) is 26.2 Å². The van der Waals surface area contributed by atoms with Crippen molar-refractivity contribution in [1.29, 1.82) is 0 Å². The predicted octanol–water partition coefficient (Wildman–Crippen LogP) is 2.12. The Labute approximate surface area is 158 Å². The van der Waals surface area contributed by atoms with Crippen molar-refractivity contribution in [2.24, 2.45) is 0 Å². The van der Waals surface area contributed by atoms with Crippen LogP contribution in [-0.2, 0) is 19.1 Å². The lowest BCUT2D eigenvalue weighted by Crippen LogP contribution is -2.46. The maximum absolute atomic E-state index is 12.0. The first-order chi connectivity index (χ1) is 12.5. The minimum atomic E-state index is -0.669. The van der Waals surface area contributed by atoms with Gasteiger partial charge in [-0.15, -0.1) is 0 Å². The number of carbonyl (C=O) groups is 2. The van der Waals surface area contributed by atoms with Crippen molar-refractivity contribution < 1.29 is 19.1 Å². The Kier molecular flexibility index (Phi) is 7.29. The summed E-state index contributed by atoms with van der Waals surface area (Å²) in [5.41, 5.74) is 1.41. The molecule has 2 rings (SSSR count). The molecular weight excluding hydrogens is 358 g/mol. The third-order valence-electron chi connectivity index (χ3n) is 4.26. The van der Waals surface area contributed by atoms with Crippen LogP contribution in [0.1, 0.15) is 6.92 Å². The largest absolute Gasteiger partial charge is 0.466 e. The zero-order valence-corrected chi connectivity index (χ0v) is 16.0. The van der Waals surface area contributed by atoms with Crippen molar-refractivity contribution in [2.75, 3.05) is 57.2 Å². The number of piperazine rings is 1. The van der Waals surface area contributed by atoms with Gasteiger partial charge in [0.05, 0.1) is 36.7 Å². The summed E-state index contributed by atoms with van der Waals surface area (Å²) in [5.74, 6) is -1.32. The number of methoxy groups -OCH3 is 2. The van der Waals surface area contributed by atoms with Crippen LogP contribution in [0.25, 0.3) is 0 Å². The third-order valence-corrected chi connectivity index (χ3v) is 4.57. The molecule has 0 unspecified atom stereocenters. The minimum Gasteiger partial charge on any atom is -0.466 e. The van der Waals surface area contributed by atoms with Crippen molar-refractivity contribution in [1.82, 2.24) is 4.90 Å². The molecule has 0 saturated carbocycles. The molecule has 0 aromatic heterocycles. The number of halogens is 1. The molecule has 0 atom stereocenters. The van der Waals surface area contributed by atoms with E-state index in [0.717, 1.165) is 44.5 Å². The summed E-state index contributed by atoms with van der Waals surface area (Å²) in [4.78, 5) is 28.1. The number of hydrogen-bond acceptors (Lipinski definition) is 7. The highest BCUT2D eigenvalue weighted by Gasteiger charge is 2.22. The number of nitrogens with zero attached hydrogens (tertiary/aromatic N) is 2. The second-order valence-electron chi connectivity index (χ2n) is 5.76. The molecule has 0 radical (unpaired) electrons. The average Bonchev–Trinajstić information content (AvgIpc) is 2.67. The Morgan fingerprint density at radius 1 is 1.19 bits per heavy atom. The Bertz CT molecular complexity index is 685. The van der Waals surface area contributed by atoms with Gasteiger partial charge in [0.1, 0.15) is 5.70 Å². The van der Waals surface area contributed by atoms with Crippen molar-refractivity contribution in [3.05, 3.63) is 35.0 Å². The van der Waals surface area contributed by atoms with Gasteiger partial charge >= 0.3 is 11.9 Å². The molecule has 1 aliphatic rings. The standard InChI is InChI=1S/C18H24ClN3O4/c1-4-21-8-10-22(11-9-21)17-13(19)6-5-7-14(17)20-15(18(24)26-3)12-16(23)25-2/h5-7,12,20H,4,8-11H2,1-3H3/b15-12+. The highest BCUT2D eigenvalue weighted by Crippen LogP contribution is 2.35. The van der Waals surface area contributed by atoms with E-state index in [1.54, 1.807) is 12.1 Å². The predicted molar refractivity (Wildman–Crippen MR) is 102 cm³/mol. The van der Waals surface area contributed by atoms with E-state index in [1.807, 2.05) is 6.07 Å². The van der Waals surface area contributed by atoms with Gasteiger partial charge in [0.2, 0.25) is 0 Å². The highest BCUT2D eigenvalue weighted by molar-refractivity contribution is 6.34. The van der Waals surface area contributed by atoms with Gasteiger partial charge < -0.3 is 24.6 Å². The summed E-state index contributed by atoms with van der Waals surface area (Å²) in [6.45, 7) is 6.65. The molecule has 1 heterocycles. The number of hydrogen-bond donors (Lipinski definition) is 1. The van der Waals surface area contributed by atoms with Crippen LogP contribution >= 0.6 is 11.6 Å². The lowest BCUT2D eigenvalue weighted by Gasteiger charge is -2.37. The van der Waals surface area contributed by atoms with Crippen molar-refractivity contribution in [2.45, 2.75) is 6.92 Å². The number of benzene rings is 1. The van der Waals surface area contributed by atoms with E-state index >= 15 is 0 Å². The zero-order valence-electron chi connectivity index (χ0n) is 15.3. The highest BCUT2D eigenvalue weighted by atomic mass is 35.5. The summed E-state index contributed by atoms with van der Waals surface area (Å²) in [6.07, 6.45) is 1.06. The van der Waals surface area contributed by atoms with E-state index in [9.17, 15) is 9.59 Å². The molecule has 1 aromatic rings. The molecule has 1 fully saturated rings. The van der Waals surface area contributed by atoms with E-state index in [1.165, 1.54) is 14.2 Å². The summed E-state index contributed by atoms with van der Waals surface area (Å²) >= 11 is 6.44. The lowest BCUT2D eigenvalue weighted by molar-refractivity contribution is -0.138. The number of ether oxygens (including phenoxy) is 2. The summed E-state index contributed by atoms with van der Waals surface area (Å²) in [7, 11) is 2.49. The fraction of sp³-hybridized carbons (Fsp3) is 0.444. The normalized spacial score (nSPS) is 15.5. The van der Waals surface area contributed by atoms with Crippen LogP contribution in [0.3, 0.4) is 0 Å². The van der Waals surface area contributed by atoms with Crippen molar-refractivity contribution in [3.63, 3.8) is 0 Å². The molecule has 1 N–H and O–H groups in total. The molecule has 8 heteroatoms. The van der Waals surface area contributed by atoms with Crippen LogP contribution in [0.5, 0.6) is 0 Å². The van der Waals surface area contributed by atoms with Crippen molar-refractivity contribution in [3.8, 4) is 0 Å². The number of esters is 2. The quantitative estimate of drug-likeness (QED) is 0.597. The van der Waals surface area contributed by atoms with Gasteiger partial charge in [0.15, 0.2) is 0 Å². The zero-order chi connectivity index (χ0) is 19.1. The number of carbonyl (C=O) groups excluding carboxylic acids is 2. The molecule has 0 amide bonds. The number of likely N-dealkylation sites (N-methyl/N-ethyl adjacent to an activating group) is 1. The van der Waals surface area contributed by atoms with Gasteiger partial charge in [-0.2, -0.15) is 0 Å². The maximum atomic E-state index is 12.0. The van der Waals surface area contributed by atoms with Crippen LogP contribution in [0.2, 0.25) is 5.02 Å². The fourth-order valence-corrected chi connectivity index (χ4v) is 3.10. The van der Waals surface area contributed by atoms with Crippen LogP contribution in [0.4, 0.5) is 11.4 Å². The molecule has 142 valence electrons. The maximum Gasteiger partial charge on any atom is 0.354 e. The van der Waals surface area contributed by atoms with E-state index in [2.05, 4.69) is 26.8 Å². The van der Waals surface area contributed by atoms with E-state index in [-0.39, 0.29) is 5.70 Å². The first-order valence-electron chi connectivity index (χ1n) is 8.41. The van der Waals surface area contributed by atoms with E-state index < -0.39 is 11.9 Å². The third kappa shape index (κ3) is 4.89. The smallest absolute Gasteiger partial charge is 0.354 e. The number of nitrogens with one attached hydrogen (secondary N) is 1. The SMILES string of the molecule is CCN1CCN(c2c(Cl)cccc2N/C(=C/C(=O)OC)C(=O)OC)CC1. The second kappa shape index (κ2) is 9.45. The van der Waals surface area contributed by atoms with Crippen molar-refractivity contribution >= 4 is 34.9 Å². The van der Waals surface area contributed by atoms with Gasteiger partial charge in [-0.1, -0.05) is 24.6 Å². The number of anilines is 2. The molecule has 26 heavy (non-hydrogen) atoms. The molecule has 1 saturated heterocycles.